The lowest BCUT2D eigenvalue weighted by molar-refractivity contribution is -0.138. The van der Waals surface area contributed by atoms with Gasteiger partial charge in [0.2, 0.25) is 17.7 Å². The Labute approximate surface area is 214 Å². The van der Waals surface area contributed by atoms with Gasteiger partial charge in [0.15, 0.2) is 0 Å². The molecule has 3 aromatic rings. The second-order valence-electron chi connectivity index (χ2n) is 9.00. The number of hydrogen-bond acceptors (Lipinski definition) is 8. The molecule has 1 unspecified atom stereocenters. The lowest BCUT2D eigenvalue weighted by Gasteiger charge is -2.32. The van der Waals surface area contributed by atoms with Gasteiger partial charge < -0.3 is 25.6 Å². The summed E-state index contributed by atoms with van der Waals surface area (Å²) in [7, 11) is 1.59. The summed E-state index contributed by atoms with van der Waals surface area (Å²) in [6.45, 7) is 4.43. The molecule has 1 fully saturated rings. The molecule has 12 nitrogen and oxygen atoms in total. The number of carbonyl (C=O) groups excluding carboxylic acids is 3. The molecule has 3 N–H and O–H groups in total. The van der Waals surface area contributed by atoms with Gasteiger partial charge in [-0.05, 0) is 37.0 Å². The summed E-state index contributed by atoms with van der Waals surface area (Å²) in [5, 5.41) is 6.66. The second kappa shape index (κ2) is 11.7. The fourth-order valence-electron chi connectivity index (χ4n) is 4.71. The van der Waals surface area contributed by atoms with E-state index < -0.39 is 11.9 Å². The number of benzene rings is 1. The number of nitrogens with one attached hydrogen (secondary N) is 1. The van der Waals surface area contributed by atoms with Crippen molar-refractivity contribution in [3.05, 3.63) is 47.9 Å². The first-order valence-corrected chi connectivity index (χ1v) is 12.3. The Bertz CT molecular complexity index is 1240. The zero-order valence-corrected chi connectivity index (χ0v) is 21.1. The summed E-state index contributed by atoms with van der Waals surface area (Å²) in [6.07, 6.45) is 6.34. The predicted octanol–water partition coefficient (Wildman–Crippen LogP) is 0.685. The number of hydrogen-bond donors (Lipinski definition) is 2. The SMILES string of the molecule is COc1cccc2c1CN(C(=O)C(CC(N)=O)NC(C)=O)CC2.c1cc(N2CCCC2)n2ncnc2n1. The third-order valence-corrected chi connectivity index (χ3v) is 6.43. The molecular weight excluding hydrogens is 476 g/mol. The van der Waals surface area contributed by atoms with Crippen LogP contribution in [0.5, 0.6) is 5.75 Å². The van der Waals surface area contributed by atoms with Crippen LogP contribution >= 0.6 is 0 Å². The van der Waals surface area contributed by atoms with Crippen LogP contribution in [0.1, 0.15) is 37.3 Å². The lowest BCUT2D eigenvalue weighted by atomic mass is 9.98. The maximum absolute atomic E-state index is 12.6. The van der Waals surface area contributed by atoms with Gasteiger partial charge in [-0.2, -0.15) is 14.6 Å². The van der Waals surface area contributed by atoms with Crippen molar-refractivity contribution in [1.82, 2.24) is 29.8 Å². The third kappa shape index (κ3) is 6.13. The molecule has 37 heavy (non-hydrogen) atoms. The summed E-state index contributed by atoms with van der Waals surface area (Å²) in [4.78, 5) is 47.2. The zero-order valence-electron chi connectivity index (χ0n) is 21.1. The molecule has 1 aromatic carbocycles. The number of anilines is 1. The summed E-state index contributed by atoms with van der Waals surface area (Å²) >= 11 is 0. The highest BCUT2D eigenvalue weighted by molar-refractivity contribution is 5.91. The van der Waals surface area contributed by atoms with E-state index in [4.69, 9.17) is 10.5 Å². The number of methoxy groups -OCH3 is 1. The lowest BCUT2D eigenvalue weighted by Crippen LogP contribution is -2.50. The van der Waals surface area contributed by atoms with Crippen LogP contribution in [0.2, 0.25) is 0 Å². The van der Waals surface area contributed by atoms with E-state index in [0.29, 0.717) is 25.3 Å². The van der Waals surface area contributed by atoms with E-state index in [1.807, 2.05) is 24.3 Å². The molecule has 0 saturated carbocycles. The van der Waals surface area contributed by atoms with Crippen LogP contribution in [0.3, 0.4) is 0 Å². The van der Waals surface area contributed by atoms with Gasteiger partial charge in [0.05, 0.1) is 13.5 Å². The third-order valence-electron chi connectivity index (χ3n) is 6.43. The van der Waals surface area contributed by atoms with Gasteiger partial charge in [-0.25, -0.2) is 4.98 Å². The minimum absolute atomic E-state index is 0.215. The topological polar surface area (TPSA) is 148 Å². The van der Waals surface area contributed by atoms with Crippen LogP contribution in [0.4, 0.5) is 5.82 Å². The Balaban J connectivity index is 0.000000193. The van der Waals surface area contributed by atoms with Crippen LogP contribution in [-0.4, -0.2) is 75.0 Å². The van der Waals surface area contributed by atoms with Crippen molar-refractivity contribution in [2.75, 3.05) is 31.6 Å². The van der Waals surface area contributed by atoms with E-state index in [9.17, 15) is 14.4 Å². The molecule has 1 atom stereocenters. The number of fused-ring (bicyclic) bond motifs is 2. The van der Waals surface area contributed by atoms with Crippen molar-refractivity contribution in [2.24, 2.45) is 5.73 Å². The zero-order chi connectivity index (χ0) is 26.4. The molecule has 196 valence electrons. The Morgan fingerprint density at radius 1 is 1.14 bits per heavy atom. The number of ether oxygens (including phenoxy) is 1. The highest BCUT2D eigenvalue weighted by Gasteiger charge is 2.30. The van der Waals surface area contributed by atoms with Gasteiger partial charge in [-0.3, -0.25) is 14.4 Å². The number of carbonyl (C=O) groups is 3. The van der Waals surface area contributed by atoms with Gasteiger partial charge in [0.1, 0.15) is 23.9 Å². The van der Waals surface area contributed by atoms with E-state index in [-0.39, 0.29) is 18.2 Å². The predicted molar refractivity (Wildman–Crippen MR) is 136 cm³/mol. The molecule has 12 heteroatoms. The number of rotatable bonds is 6. The van der Waals surface area contributed by atoms with Gasteiger partial charge >= 0.3 is 0 Å². The normalized spacial score (nSPS) is 15.4. The first-order chi connectivity index (χ1) is 17.9. The molecule has 0 aliphatic carbocycles. The van der Waals surface area contributed by atoms with Crippen LogP contribution in [0, 0.1) is 0 Å². The Hall–Kier alpha value is -4.22. The minimum atomic E-state index is -0.929. The van der Waals surface area contributed by atoms with Crippen LogP contribution in [0.15, 0.2) is 36.8 Å². The molecule has 0 spiro atoms. The number of nitrogens with two attached hydrogens (primary N) is 1. The molecule has 2 aliphatic heterocycles. The molecule has 0 bridgehead atoms. The Morgan fingerprint density at radius 3 is 2.62 bits per heavy atom. The van der Waals surface area contributed by atoms with Crippen molar-refractivity contribution in [3.63, 3.8) is 0 Å². The van der Waals surface area contributed by atoms with Gasteiger partial charge in [0.25, 0.3) is 5.78 Å². The summed E-state index contributed by atoms with van der Waals surface area (Å²) < 4.78 is 7.15. The van der Waals surface area contributed by atoms with Crippen molar-refractivity contribution < 1.29 is 19.1 Å². The van der Waals surface area contributed by atoms with E-state index in [2.05, 4.69) is 25.3 Å². The average molecular weight is 509 g/mol. The Kier molecular flexibility index (Phi) is 8.16. The molecule has 2 aromatic heterocycles. The second-order valence-corrected chi connectivity index (χ2v) is 9.00. The van der Waals surface area contributed by atoms with E-state index in [1.165, 1.54) is 19.8 Å². The Morgan fingerprint density at radius 2 is 1.92 bits per heavy atom. The summed E-state index contributed by atoms with van der Waals surface area (Å²) in [5.74, 6) is 1.19. The van der Waals surface area contributed by atoms with Gasteiger partial charge in [0, 0.05) is 44.9 Å². The van der Waals surface area contributed by atoms with Crippen LogP contribution in [-0.2, 0) is 27.3 Å². The maximum atomic E-state index is 12.6. The first kappa shape index (κ1) is 25.9. The number of primary amides is 1. The van der Waals surface area contributed by atoms with Crippen LogP contribution in [0.25, 0.3) is 5.78 Å². The molecule has 2 aliphatic rings. The number of aromatic nitrogens is 4. The van der Waals surface area contributed by atoms with Crippen molar-refractivity contribution in [2.45, 2.75) is 45.2 Å². The monoisotopic (exact) mass is 508 g/mol. The highest BCUT2D eigenvalue weighted by Crippen LogP contribution is 2.28. The molecule has 5 rings (SSSR count). The first-order valence-electron chi connectivity index (χ1n) is 12.3. The quantitative estimate of drug-likeness (QED) is 0.494. The fraction of sp³-hybridized carbons (Fsp3) is 0.440. The molecule has 3 amide bonds. The molecule has 0 radical (unpaired) electrons. The molecule has 1 saturated heterocycles. The summed E-state index contributed by atoms with van der Waals surface area (Å²) in [6, 6.07) is 6.84. The van der Waals surface area contributed by atoms with Gasteiger partial charge in [-0.15, -0.1) is 0 Å². The standard InChI is InChI=1S/C16H21N3O4.C9H11N5/c1-10(20)18-13(8-15(17)21)16(22)19-7-6-11-4-3-5-14(23-2)12(11)9-19;1-2-6-13(5-1)8-3-4-10-9-11-7-12-14(8)9/h3-5,13H,6-9H2,1-2H3,(H2,17,21)(H,18,20);3-4,7H,1-2,5-6H2. The van der Waals surface area contributed by atoms with Gasteiger partial charge in [-0.1, -0.05) is 12.1 Å². The maximum Gasteiger partial charge on any atom is 0.254 e. The number of amides is 3. The smallest absolute Gasteiger partial charge is 0.254 e. The minimum Gasteiger partial charge on any atom is -0.496 e. The van der Waals surface area contributed by atoms with E-state index in [1.54, 1.807) is 29.0 Å². The average Bonchev–Trinajstić information content (AvgIpc) is 3.59. The number of nitrogens with zero attached hydrogens (tertiary/aromatic N) is 6. The molecule has 4 heterocycles. The van der Waals surface area contributed by atoms with Crippen molar-refractivity contribution in [1.29, 1.82) is 0 Å². The molecular formula is C25H32N8O4. The highest BCUT2D eigenvalue weighted by atomic mass is 16.5. The summed E-state index contributed by atoms with van der Waals surface area (Å²) in [5.41, 5.74) is 7.27. The largest absolute Gasteiger partial charge is 0.496 e. The van der Waals surface area contributed by atoms with E-state index in [0.717, 1.165) is 35.8 Å². The van der Waals surface area contributed by atoms with Crippen molar-refractivity contribution in [3.8, 4) is 5.75 Å². The van der Waals surface area contributed by atoms with E-state index >= 15 is 0 Å². The van der Waals surface area contributed by atoms with Crippen molar-refractivity contribution >= 4 is 29.3 Å². The van der Waals surface area contributed by atoms with Crippen LogP contribution < -0.4 is 20.7 Å². The fourth-order valence-corrected chi connectivity index (χ4v) is 4.71.